The molecular weight excluding hydrogens is 156 g/mol. The zero-order valence-corrected chi connectivity index (χ0v) is 6.61. The lowest BCUT2D eigenvalue weighted by Gasteiger charge is -1.86. The van der Waals surface area contributed by atoms with Crippen molar-refractivity contribution in [3.63, 3.8) is 0 Å². The first-order valence-electron chi connectivity index (χ1n) is 3.59. The number of rotatable bonds is 1. The minimum absolute atomic E-state index is 0.287. The van der Waals surface area contributed by atoms with E-state index in [1.165, 1.54) is 0 Å². The summed E-state index contributed by atoms with van der Waals surface area (Å²) in [5.41, 5.74) is 7.50. The van der Waals surface area contributed by atoms with Crippen molar-refractivity contribution >= 4 is 11.2 Å². The third kappa shape index (κ3) is 0.947. The first-order valence-corrected chi connectivity index (χ1v) is 3.59. The van der Waals surface area contributed by atoms with Crippen LogP contribution in [0.3, 0.4) is 0 Å². The predicted molar refractivity (Wildman–Crippen MR) is 42.2 cm³/mol. The maximum Gasteiger partial charge on any atom is 0.266 e. The van der Waals surface area contributed by atoms with E-state index in [1.54, 1.807) is 6.20 Å². The van der Waals surface area contributed by atoms with Crippen molar-refractivity contribution in [3.8, 4) is 0 Å². The second-order valence-electron chi connectivity index (χ2n) is 2.49. The fourth-order valence-corrected chi connectivity index (χ4v) is 0.996. The molecule has 0 fully saturated rings. The van der Waals surface area contributed by atoms with E-state index in [9.17, 15) is 0 Å². The van der Waals surface area contributed by atoms with Gasteiger partial charge in [0, 0.05) is 5.56 Å². The van der Waals surface area contributed by atoms with Crippen molar-refractivity contribution in [2.75, 3.05) is 0 Å². The quantitative estimate of drug-likeness (QED) is 0.659. The monoisotopic (exact) mass is 164 g/mol. The Labute approximate surface area is 68.6 Å². The first-order chi connectivity index (χ1) is 5.81. The van der Waals surface area contributed by atoms with Gasteiger partial charge in [0.2, 0.25) is 5.89 Å². The van der Waals surface area contributed by atoms with Gasteiger partial charge in [0.25, 0.3) is 5.71 Å². The fraction of sp³-hybridized carbons (Fsp3) is 0.286. The van der Waals surface area contributed by atoms with E-state index in [0.29, 0.717) is 11.6 Å². The van der Waals surface area contributed by atoms with E-state index in [1.807, 2.05) is 6.92 Å². The van der Waals surface area contributed by atoms with Crippen LogP contribution in [0.4, 0.5) is 0 Å². The van der Waals surface area contributed by atoms with Gasteiger partial charge in [-0.3, -0.25) is 0 Å². The Hall–Kier alpha value is -1.49. The lowest BCUT2D eigenvalue weighted by atomic mass is 10.3. The lowest BCUT2D eigenvalue weighted by molar-refractivity contribution is 0.521. The second kappa shape index (κ2) is 2.53. The van der Waals surface area contributed by atoms with Crippen LogP contribution >= 0.6 is 0 Å². The Morgan fingerprint density at radius 3 is 3.08 bits per heavy atom. The second-order valence-corrected chi connectivity index (χ2v) is 2.49. The molecule has 0 saturated carbocycles. The number of fused-ring (bicyclic) bond motifs is 1. The SMILES string of the molecule is Cc1cnnc2oc(CN)nc12. The third-order valence-corrected chi connectivity index (χ3v) is 1.60. The molecule has 12 heavy (non-hydrogen) atoms. The van der Waals surface area contributed by atoms with Crippen LogP contribution in [-0.4, -0.2) is 15.2 Å². The van der Waals surface area contributed by atoms with Gasteiger partial charge in [-0.05, 0) is 6.92 Å². The largest absolute Gasteiger partial charge is 0.420 e. The van der Waals surface area contributed by atoms with Gasteiger partial charge in [0.05, 0.1) is 12.7 Å². The highest BCUT2D eigenvalue weighted by molar-refractivity contribution is 5.70. The molecule has 2 aromatic rings. The van der Waals surface area contributed by atoms with Gasteiger partial charge in [0.1, 0.15) is 5.52 Å². The molecule has 2 aromatic heterocycles. The van der Waals surface area contributed by atoms with E-state index < -0.39 is 0 Å². The van der Waals surface area contributed by atoms with Crippen LogP contribution in [0.1, 0.15) is 11.5 Å². The molecule has 5 nitrogen and oxygen atoms in total. The normalized spacial score (nSPS) is 10.8. The number of aryl methyl sites for hydroxylation is 1. The van der Waals surface area contributed by atoms with E-state index >= 15 is 0 Å². The highest BCUT2D eigenvalue weighted by Crippen LogP contribution is 2.14. The lowest BCUT2D eigenvalue weighted by Crippen LogP contribution is -1.95. The summed E-state index contributed by atoms with van der Waals surface area (Å²) in [4.78, 5) is 4.14. The Bertz CT molecular complexity index is 409. The number of oxazole rings is 1. The van der Waals surface area contributed by atoms with Crippen LogP contribution in [0.15, 0.2) is 10.6 Å². The van der Waals surface area contributed by atoms with Crippen LogP contribution in [0.2, 0.25) is 0 Å². The number of hydrogen-bond donors (Lipinski definition) is 1. The molecule has 2 rings (SSSR count). The summed E-state index contributed by atoms with van der Waals surface area (Å²) in [6.07, 6.45) is 1.64. The van der Waals surface area contributed by atoms with E-state index in [2.05, 4.69) is 15.2 Å². The molecule has 0 bridgehead atoms. The molecule has 2 heterocycles. The molecule has 0 amide bonds. The summed E-state index contributed by atoms with van der Waals surface area (Å²) in [5, 5.41) is 7.51. The van der Waals surface area contributed by atoms with Gasteiger partial charge in [0.15, 0.2) is 0 Å². The summed E-state index contributed by atoms with van der Waals surface area (Å²) >= 11 is 0. The molecule has 0 saturated heterocycles. The van der Waals surface area contributed by atoms with Gasteiger partial charge in [-0.25, -0.2) is 4.98 Å². The van der Waals surface area contributed by atoms with E-state index in [0.717, 1.165) is 11.1 Å². The number of nitrogens with zero attached hydrogens (tertiary/aromatic N) is 3. The number of nitrogens with two attached hydrogens (primary N) is 1. The standard InChI is InChI=1S/C7H8N4O/c1-4-3-9-11-7-6(4)10-5(2-8)12-7/h3H,2,8H2,1H3. The molecular formula is C7H8N4O. The van der Waals surface area contributed by atoms with Crippen molar-refractivity contribution in [3.05, 3.63) is 17.7 Å². The van der Waals surface area contributed by atoms with Gasteiger partial charge in [-0.15, -0.1) is 5.10 Å². The molecule has 5 heteroatoms. The first kappa shape index (κ1) is 7.17. The maximum absolute atomic E-state index is 5.36. The molecule has 0 aliphatic carbocycles. The molecule has 0 radical (unpaired) electrons. The van der Waals surface area contributed by atoms with E-state index in [4.69, 9.17) is 10.2 Å². The molecule has 0 aliphatic rings. The summed E-state index contributed by atoms with van der Waals surface area (Å²) in [6.45, 7) is 2.19. The van der Waals surface area contributed by atoms with Gasteiger partial charge < -0.3 is 10.2 Å². The number of hydrogen-bond acceptors (Lipinski definition) is 5. The average molecular weight is 164 g/mol. The van der Waals surface area contributed by atoms with E-state index in [-0.39, 0.29) is 6.54 Å². The molecule has 62 valence electrons. The average Bonchev–Trinajstić information content (AvgIpc) is 2.49. The molecule has 2 N–H and O–H groups in total. The van der Waals surface area contributed by atoms with Gasteiger partial charge >= 0.3 is 0 Å². The minimum Gasteiger partial charge on any atom is -0.420 e. The Morgan fingerprint density at radius 1 is 1.58 bits per heavy atom. The van der Waals surface area contributed by atoms with Crippen molar-refractivity contribution < 1.29 is 4.42 Å². The van der Waals surface area contributed by atoms with Crippen LogP contribution in [0.5, 0.6) is 0 Å². The summed E-state index contributed by atoms with van der Waals surface area (Å²) in [6, 6.07) is 0. The van der Waals surface area contributed by atoms with Gasteiger partial charge in [-0.1, -0.05) is 0 Å². The zero-order valence-electron chi connectivity index (χ0n) is 6.61. The highest BCUT2D eigenvalue weighted by atomic mass is 16.4. The Balaban J connectivity index is 2.74. The Kier molecular flexibility index (Phi) is 1.51. The zero-order chi connectivity index (χ0) is 8.55. The highest BCUT2D eigenvalue weighted by Gasteiger charge is 2.07. The summed E-state index contributed by atoms with van der Waals surface area (Å²) in [5.74, 6) is 0.494. The predicted octanol–water partition coefficient (Wildman–Crippen LogP) is 0.385. The summed E-state index contributed by atoms with van der Waals surface area (Å²) < 4.78 is 5.19. The van der Waals surface area contributed by atoms with Crippen LogP contribution in [0, 0.1) is 6.92 Å². The van der Waals surface area contributed by atoms with Crippen LogP contribution in [0.25, 0.3) is 11.2 Å². The molecule has 0 spiro atoms. The van der Waals surface area contributed by atoms with Crippen molar-refractivity contribution in [2.45, 2.75) is 13.5 Å². The molecule has 0 atom stereocenters. The van der Waals surface area contributed by atoms with Gasteiger partial charge in [-0.2, -0.15) is 5.10 Å². The molecule has 0 unspecified atom stereocenters. The Morgan fingerprint density at radius 2 is 2.42 bits per heavy atom. The maximum atomic E-state index is 5.36. The third-order valence-electron chi connectivity index (χ3n) is 1.60. The molecule has 0 aliphatic heterocycles. The van der Waals surface area contributed by atoms with Crippen molar-refractivity contribution in [1.82, 2.24) is 15.2 Å². The van der Waals surface area contributed by atoms with Crippen LogP contribution in [-0.2, 0) is 6.54 Å². The topological polar surface area (TPSA) is 77.8 Å². The van der Waals surface area contributed by atoms with Crippen LogP contribution < -0.4 is 5.73 Å². The molecule has 0 aromatic carbocycles. The fourth-order valence-electron chi connectivity index (χ4n) is 0.996. The summed E-state index contributed by atoms with van der Waals surface area (Å²) in [7, 11) is 0. The minimum atomic E-state index is 0.287. The smallest absolute Gasteiger partial charge is 0.266 e. The van der Waals surface area contributed by atoms with Crippen molar-refractivity contribution in [1.29, 1.82) is 0 Å². The number of aromatic nitrogens is 3. The van der Waals surface area contributed by atoms with Crippen molar-refractivity contribution in [2.24, 2.45) is 5.73 Å².